The molecule has 11 heteroatoms. The largest absolute Gasteiger partial charge is 0.508 e. The van der Waals surface area contributed by atoms with E-state index in [4.69, 9.17) is 14.2 Å². The Kier molecular flexibility index (Phi) is 9.19. The number of fused-ring (bicyclic) bond motifs is 5. The molecule has 7 heterocycles. The highest BCUT2D eigenvalue weighted by molar-refractivity contribution is 6.05. The summed E-state index contributed by atoms with van der Waals surface area (Å²) in [6.45, 7) is 7.35. The first-order chi connectivity index (χ1) is 29.2. The first-order valence-electron chi connectivity index (χ1n) is 21.9. The van der Waals surface area contributed by atoms with Crippen LogP contribution in [0.4, 0.5) is 5.69 Å². The lowest BCUT2D eigenvalue weighted by molar-refractivity contribution is -0.136. The minimum absolute atomic E-state index is 0.0455. The van der Waals surface area contributed by atoms with Crippen molar-refractivity contribution >= 4 is 23.4 Å². The van der Waals surface area contributed by atoms with Crippen molar-refractivity contribution in [2.75, 3.05) is 57.4 Å². The van der Waals surface area contributed by atoms with Crippen molar-refractivity contribution in [3.63, 3.8) is 0 Å². The number of phenolic OH excluding ortho intramolecular Hbond substituents is 1. The number of nitrogens with zero attached hydrogens (tertiary/aromatic N) is 3. The van der Waals surface area contributed by atoms with E-state index in [2.05, 4.69) is 75.8 Å². The normalized spacial score (nSPS) is 26.7. The molecule has 2 unspecified atom stereocenters. The predicted octanol–water partition coefficient (Wildman–Crippen LogP) is 6.26. The van der Waals surface area contributed by atoms with Gasteiger partial charge in [-0.3, -0.25) is 19.7 Å². The zero-order valence-corrected chi connectivity index (χ0v) is 33.9. The first-order valence-corrected chi connectivity index (χ1v) is 21.9. The SMILES string of the molecule is O=C1CCC(N2Cc3c(ccc4c3OCC43CCN(CC4COC5(CCN(c6ccc([C@H]7c8ccc(O)cc8OC[C@H]7c7ccccc7)cc6)CC5)C4)CC3)C2=O)C(=O)N1. The Morgan fingerprint density at radius 1 is 0.817 bits per heavy atom. The van der Waals surface area contributed by atoms with Crippen LogP contribution < -0.4 is 19.7 Å². The molecule has 11 rings (SSSR count). The zero-order chi connectivity index (χ0) is 40.6. The lowest BCUT2D eigenvalue weighted by Crippen LogP contribution is -2.52. The molecule has 3 amide bonds. The van der Waals surface area contributed by atoms with Gasteiger partial charge >= 0.3 is 0 Å². The van der Waals surface area contributed by atoms with Gasteiger partial charge in [-0.15, -0.1) is 0 Å². The fourth-order valence-electron chi connectivity index (χ4n) is 11.7. The van der Waals surface area contributed by atoms with Crippen LogP contribution in [0.25, 0.3) is 0 Å². The molecule has 4 atom stereocenters. The molecule has 4 fully saturated rings. The number of hydrogen-bond acceptors (Lipinski definition) is 9. The molecule has 7 aliphatic heterocycles. The van der Waals surface area contributed by atoms with E-state index in [-0.39, 0.29) is 52.7 Å². The highest BCUT2D eigenvalue weighted by atomic mass is 16.5. The molecule has 310 valence electrons. The highest BCUT2D eigenvalue weighted by Crippen LogP contribution is 2.51. The molecule has 0 saturated carbocycles. The van der Waals surface area contributed by atoms with E-state index in [0.29, 0.717) is 37.7 Å². The summed E-state index contributed by atoms with van der Waals surface area (Å²) in [6, 6.07) is 28.7. The van der Waals surface area contributed by atoms with Crippen molar-refractivity contribution < 1.29 is 33.7 Å². The van der Waals surface area contributed by atoms with Crippen LogP contribution in [0.3, 0.4) is 0 Å². The number of phenols is 1. The highest BCUT2D eigenvalue weighted by Gasteiger charge is 2.49. The zero-order valence-electron chi connectivity index (χ0n) is 33.9. The van der Waals surface area contributed by atoms with E-state index < -0.39 is 6.04 Å². The van der Waals surface area contributed by atoms with E-state index in [1.807, 2.05) is 12.1 Å². The van der Waals surface area contributed by atoms with Crippen molar-refractivity contribution in [2.45, 2.75) is 80.4 Å². The Bertz CT molecular complexity index is 2330. The van der Waals surface area contributed by atoms with Gasteiger partial charge < -0.3 is 34.0 Å². The van der Waals surface area contributed by atoms with E-state index in [0.717, 1.165) is 94.1 Å². The summed E-state index contributed by atoms with van der Waals surface area (Å²) in [4.78, 5) is 44.5. The first kappa shape index (κ1) is 37.6. The third kappa shape index (κ3) is 6.43. The molecule has 60 heavy (non-hydrogen) atoms. The van der Waals surface area contributed by atoms with E-state index in [1.165, 1.54) is 22.4 Å². The third-order valence-electron chi connectivity index (χ3n) is 15.0. The van der Waals surface area contributed by atoms with Crippen LogP contribution in [-0.4, -0.2) is 96.8 Å². The lowest BCUT2D eigenvalue weighted by Gasteiger charge is -2.41. The Balaban J connectivity index is 0.697. The minimum Gasteiger partial charge on any atom is -0.508 e. The summed E-state index contributed by atoms with van der Waals surface area (Å²) in [5.74, 6) is 1.81. The Morgan fingerprint density at radius 2 is 1.62 bits per heavy atom. The molecule has 4 aromatic carbocycles. The topological polar surface area (TPSA) is 121 Å². The van der Waals surface area contributed by atoms with Crippen molar-refractivity contribution in [3.05, 3.63) is 118 Å². The van der Waals surface area contributed by atoms with E-state index in [9.17, 15) is 19.5 Å². The number of amides is 3. The number of carbonyl (C=O) groups excluding carboxylic acids is 3. The van der Waals surface area contributed by atoms with Crippen LogP contribution in [0, 0.1) is 5.92 Å². The fourth-order valence-corrected chi connectivity index (χ4v) is 11.7. The summed E-state index contributed by atoms with van der Waals surface area (Å²) in [5.41, 5.74) is 7.47. The quantitative estimate of drug-likeness (QED) is 0.218. The minimum atomic E-state index is -0.629. The van der Waals surface area contributed by atoms with E-state index in [1.54, 1.807) is 17.0 Å². The number of benzene rings is 4. The average molecular weight is 809 g/mol. The lowest BCUT2D eigenvalue weighted by atomic mass is 9.73. The van der Waals surface area contributed by atoms with Crippen LogP contribution >= 0.6 is 0 Å². The number of hydrogen-bond donors (Lipinski definition) is 2. The van der Waals surface area contributed by atoms with Crippen molar-refractivity contribution in [3.8, 4) is 17.2 Å². The molecular weight excluding hydrogens is 757 g/mol. The second kappa shape index (κ2) is 14.7. The van der Waals surface area contributed by atoms with Crippen molar-refractivity contribution in [1.82, 2.24) is 15.1 Å². The van der Waals surface area contributed by atoms with Crippen LogP contribution in [0.5, 0.6) is 17.2 Å². The number of anilines is 1. The van der Waals surface area contributed by atoms with Crippen LogP contribution in [0.1, 0.15) is 95.0 Å². The molecule has 0 aliphatic carbocycles. The van der Waals surface area contributed by atoms with Gasteiger partial charge in [0, 0.05) is 77.3 Å². The molecule has 7 aliphatic rings. The number of carbonyl (C=O) groups is 3. The maximum atomic E-state index is 13.4. The summed E-state index contributed by atoms with van der Waals surface area (Å²) in [6.07, 6.45) is 5.78. The fraction of sp³-hybridized carbons (Fsp3) is 0.449. The second-order valence-corrected chi connectivity index (χ2v) is 18.4. The second-order valence-electron chi connectivity index (χ2n) is 18.4. The molecule has 11 nitrogen and oxygen atoms in total. The number of rotatable bonds is 6. The molecule has 2 spiro atoms. The molecule has 4 saturated heterocycles. The monoisotopic (exact) mass is 808 g/mol. The maximum Gasteiger partial charge on any atom is 0.255 e. The summed E-state index contributed by atoms with van der Waals surface area (Å²) in [5, 5.41) is 12.6. The van der Waals surface area contributed by atoms with Crippen molar-refractivity contribution in [2.24, 2.45) is 5.92 Å². The summed E-state index contributed by atoms with van der Waals surface area (Å²) in [7, 11) is 0. The average Bonchev–Trinajstić information content (AvgIpc) is 3.95. The van der Waals surface area contributed by atoms with Gasteiger partial charge in [0.05, 0.1) is 32.0 Å². The van der Waals surface area contributed by atoms with Gasteiger partial charge in [-0.1, -0.05) is 54.6 Å². The maximum absolute atomic E-state index is 13.4. The predicted molar refractivity (Wildman–Crippen MR) is 225 cm³/mol. The van der Waals surface area contributed by atoms with Crippen LogP contribution in [-0.2, 0) is 26.3 Å². The van der Waals surface area contributed by atoms with Gasteiger partial charge in [-0.25, -0.2) is 0 Å². The van der Waals surface area contributed by atoms with Gasteiger partial charge in [0.2, 0.25) is 11.8 Å². The van der Waals surface area contributed by atoms with Gasteiger partial charge in [-0.05, 0) is 92.9 Å². The van der Waals surface area contributed by atoms with Gasteiger partial charge in [0.15, 0.2) is 0 Å². The third-order valence-corrected chi connectivity index (χ3v) is 15.0. The Hall–Kier alpha value is -5.39. The number of ether oxygens (including phenoxy) is 3. The molecule has 0 radical (unpaired) electrons. The van der Waals surface area contributed by atoms with Crippen LogP contribution in [0.2, 0.25) is 0 Å². The standard InChI is InChI=1S/C49H52N4O7/c54-35-10-11-37-42(24-35)58-29-39(32-4-2-1-3-5-32)44(37)33-6-8-34(9-7-33)52-22-18-49(19-23-52)25-31(28-60-49)26-51-20-16-48(17-21-51)30-59-45-38-27-53(41-14-15-43(55)50-46(41)56)47(57)36(38)12-13-40(45)48/h1-13,24,31,39,41,44,54H,14-23,25-30H2,(H,50,55,56)/t31?,39-,41?,44-/m0/s1. The number of imide groups is 1. The summed E-state index contributed by atoms with van der Waals surface area (Å²) >= 11 is 0. The number of piperidine rings is 3. The number of aromatic hydroxyl groups is 1. The van der Waals surface area contributed by atoms with Crippen LogP contribution in [0.15, 0.2) is 84.9 Å². The van der Waals surface area contributed by atoms with Gasteiger partial charge in [0.25, 0.3) is 5.91 Å². The van der Waals surface area contributed by atoms with Crippen molar-refractivity contribution in [1.29, 1.82) is 0 Å². The van der Waals surface area contributed by atoms with Gasteiger partial charge in [0.1, 0.15) is 23.3 Å². The molecule has 2 N–H and O–H groups in total. The molecule has 0 bridgehead atoms. The Morgan fingerprint density at radius 3 is 2.40 bits per heavy atom. The molecule has 0 aromatic heterocycles. The number of nitrogens with one attached hydrogen (secondary N) is 1. The number of likely N-dealkylation sites (tertiary alicyclic amines) is 1. The van der Waals surface area contributed by atoms with Gasteiger partial charge in [-0.2, -0.15) is 0 Å². The Labute approximate surface area is 350 Å². The smallest absolute Gasteiger partial charge is 0.255 e. The van der Waals surface area contributed by atoms with E-state index >= 15 is 0 Å². The molecule has 4 aromatic rings. The molecular formula is C49H52N4O7. The summed E-state index contributed by atoms with van der Waals surface area (Å²) < 4.78 is 19.3.